The van der Waals surface area contributed by atoms with Crippen LogP contribution in [0.15, 0.2) is 0 Å². The summed E-state index contributed by atoms with van der Waals surface area (Å²) in [7, 11) is 0. The Morgan fingerprint density at radius 1 is 1.83 bits per heavy atom. The lowest BCUT2D eigenvalue weighted by Gasteiger charge is -2.33. The summed E-state index contributed by atoms with van der Waals surface area (Å²) in [5, 5.41) is 8.88. The Balaban J connectivity index is 2.57. The highest BCUT2D eigenvalue weighted by Crippen LogP contribution is 2.19. The molecule has 12 heavy (non-hydrogen) atoms. The minimum absolute atomic E-state index is 0.0414. The maximum absolute atomic E-state index is 11.5. The van der Waals surface area contributed by atoms with Crippen LogP contribution in [0.3, 0.4) is 0 Å². The van der Waals surface area contributed by atoms with Gasteiger partial charge in [-0.25, -0.2) is 0 Å². The third kappa shape index (κ3) is 1.98. The molecule has 0 aromatic heterocycles. The number of aliphatic hydroxyl groups is 1. The molecule has 0 aromatic carbocycles. The van der Waals surface area contributed by atoms with Gasteiger partial charge in [-0.1, -0.05) is 15.9 Å². The number of rotatable bonds is 2. The number of piperidine rings is 1. The molecule has 0 aromatic rings. The number of nitrogens with zero attached hydrogens (tertiary/aromatic N) is 1. The summed E-state index contributed by atoms with van der Waals surface area (Å²) in [4.78, 5) is 13.2. The van der Waals surface area contributed by atoms with E-state index in [1.54, 1.807) is 4.90 Å². The molecule has 3 nitrogen and oxygen atoms in total. The molecule has 0 radical (unpaired) electrons. The number of amides is 1. The number of halogens is 1. The van der Waals surface area contributed by atoms with Crippen LogP contribution in [0.25, 0.3) is 0 Å². The standard InChI is InChI=1S/C8H14BrNO2/c1-6(5-11)10-4-2-3-7(9)8(10)12/h6-7,11H,2-5H2,1H3. The van der Waals surface area contributed by atoms with Gasteiger partial charge in [0.2, 0.25) is 5.91 Å². The first kappa shape index (κ1) is 9.99. The maximum atomic E-state index is 11.5. The second-order valence-corrected chi connectivity index (χ2v) is 4.28. The van der Waals surface area contributed by atoms with Gasteiger partial charge in [0.1, 0.15) is 0 Å². The van der Waals surface area contributed by atoms with E-state index in [-0.39, 0.29) is 23.4 Å². The van der Waals surface area contributed by atoms with Gasteiger partial charge >= 0.3 is 0 Å². The van der Waals surface area contributed by atoms with Crippen molar-refractivity contribution in [2.24, 2.45) is 0 Å². The molecule has 4 heteroatoms. The summed E-state index contributed by atoms with van der Waals surface area (Å²) >= 11 is 3.32. The molecular weight excluding hydrogens is 222 g/mol. The summed E-state index contributed by atoms with van der Waals surface area (Å²) < 4.78 is 0. The van der Waals surface area contributed by atoms with E-state index in [4.69, 9.17) is 5.11 Å². The van der Waals surface area contributed by atoms with Gasteiger partial charge in [-0.05, 0) is 19.8 Å². The number of likely N-dealkylation sites (tertiary alicyclic amines) is 1. The van der Waals surface area contributed by atoms with E-state index in [2.05, 4.69) is 15.9 Å². The highest BCUT2D eigenvalue weighted by Gasteiger charge is 2.29. The van der Waals surface area contributed by atoms with Crippen LogP contribution in [0.5, 0.6) is 0 Å². The predicted octanol–water partition coefficient (Wildman–Crippen LogP) is 0.753. The Morgan fingerprint density at radius 3 is 3.08 bits per heavy atom. The van der Waals surface area contributed by atoms with Crippen molar-refractivity contribution in [2.45, 2.75) is 30.6 Å². The molecule has 0 spiro atoms. The Hall–Kier alpha value is -0.0900. The number of carbonyl (C=O) groups is 1. The van der Waals surface area contributed by atoms with Crippen molar-refractivity contribution in [3.05, 3.63) is 0 Å². The second kappa shape index (κ2) is 4.23. The summed E-state index contributed by atoms with van der Waals surface area (Å²) in [6, 6.07) is -0.0437. The van der Waals surface area contributed by atoms with Crippen LogP contribution in [-0.4, -0.2) is 39.9 Å². The average Bonchev–Trinajstić information content (AvgIpc) is 2.08. The molecular formula is C8H14BrNO2. The molecule has 0 saturated carbocycles. The molecule has 1 amide bonds. The monoisotopic (exact) mass is 235 g/mol. The highest BCUT2D eigenvalue weighted by atomic mass is 79.9. The molecule has 1 N–H and O–H groups in total. The number of alkyl halides is 1. The maximum Gasteiger partial charge on any atom is 0.236 e. The fraction of sp³-hybridized carbons (Fsp3) is 0.875. The molecule has 1 saturated heterocycles. The van der Waals surface area contributed by atoms with E-state index >= 15 is 0 Å². The van der Waals surface area contributed by atoms with Crippen molar-refractivity contribution in [1.82, 2.24) is 4.90 Å². The van der Waals surface area contributed by atoms with E-state index < -0.39 is 0 Å². The van der Waals surface area contributed by atoms with Crippen molar-refractivity contribution in [1.29, 1.82) is 0 Å². The fourth-order valence-corrected chi connectivity index (χ4v) is 1.98. The molecule has 1 aliphatic rings. The minimum Gasteiger partial charge on any atom is -0.394 e. The molecule has 2 atom stereocenters. The van der Waals surface area contributed by atoms with E-state index in [1.807, 2.05) is 6.92 Å². The van der Waals surface area contributed by atoms with Crippen LogP contribution >= 0.6 is 15.9 Å². The number of aliphatic hydroxyl groups excluding tert-OH is 1. The first-order valence-electron chi connectivity index (χ1n) is 4.22. The van der Waals surface area contributed by atoms with Crippen molar-refractivity contribution < 1.29 is 9.90 Å². The highest BCUT2D eigenvalue weighted by molar-refractivity contribution is 9.10. The lowest BCUT2D eigenvalue weighted by atomic mass is 10.1. The van der Waals surface area contributed by atoms with Gasteiger partial charge in [0.25, 0.3) is 0 Å². The normalized spacial score (nSPS) is 27.4. The first-order valence-corrected chi connectivity index (χ1v) is 5.13. The van der Waals surface area contributed by atoms with E-state index in [9.17, 15) is 4.79 Å². The van der Waals surface area contributed by atoms with E-state index in [0.29, 0.717) is 0 Å². The largest absolute Gasteiger partial charge is 0.394 e. The number of hydrogen-bond acceptors (Lipinski definition) is 2. The SMILES string of the molecule is CC(CO)N1CCCC(Br)C1=O. The second-order valence-electron chi connectivity index (χ2n) is 3.17. The number of hydrogen-bond donors (Lipinski definition) is 1. The zero-order valence-electron chi connectivity index (χ0n) is 7.16. The Labute approximate surface area is 80.9 Å². The summed E-state index contributed by atoms with van der Waals surface area (Å²) in [6.07, 6.45) is 1.93. The quantitative estimate of drug-likeness (QED) is 0.719. The summed E-state index contributed by atoms with van der Waals surface area (Å²) in [5.41, 5.74) is 0. The van der Waals surface area contributed by atoms with Crippen LogP contribution in [0.1, 0.15) is 19.8 Å². The van der Waals surface area contributed by atoms with Crippen molar-refractivity contribution in [2.75, 3.05) is 13.2 Å². The molecule has 1 rings (SSSR count). The van der Waals surface area contributed by atoms with Gasteiger partial charge in [0.05, 0.1) is 17.5 Å². The van der Waals surface area contributed by atoms with Crippen LogP contribution in [0.2, 0.25) is 0 Å². The van der Waals surface area contributed by atoms with Crippen molar-refractivity contribution >= 4 is 21.8 Å². The van der Waals surface area contributed by atoms with E-state index in [1.165, 1.54) is 0 Å². The lowest BCUT2D eigenvalue weighted by molar-refractivity contribution is -0.135. The molecule has 1 fully saturated rings. The molecule has 0 bridgehead atoms. The van der Waals surface area contributed by atoms with Gasteiger partial charge < -0.3 is 10.0 Å². The van der Waals surface area contributed by atoms with E-state index in [0.717, 1.165) is 19.4 Å². The Bertz CT molecular complexity index is 174. The van der Waals surface area contributed by atoms with Crippen LogP contribution in [-0.2, 0) is 4.79 Å². The average molecular weight is 236 g/mol. The minimum atomic E-state index is -0.0437. The lowest BCUT2D eigenvalue weighted by Crippen LogP contribution is -2.47. The summed E-state index contributed by atoms with van der Waals surface area (Å²) in [5.74, 6) is 0.114. The molecule has 0 aliphatic carbocycles. The fourth-order valence-electron chi connectivity index (χ4n) is 1.39. The smallest absolute Gasteiger partial charge is 0.236 e. The topological polar surface area (TPSA) is 40.5 Å². The van der Waals surface area contributed by atoms with Crippen LogP contribution in [0.4, 0.5) is 0 Å². The van der Waals surface area contributed by atoms with Gasteiger partial charge in [0, 0.05) is 6.54 Å². The third-order valence-corrected chi connectivity index (χ3v) is 3.05. The van der Waals surface area contributed by atoms with Crippen molar-refractivity contribution in [3.8, 4) is 0 Å². The molecule has 1 aliphatic heterocycles. The van der Waals surface area contributed by atoms with Gasteiger partial charge in [-0.15, -0.1) is 0 Å². The first-order chi connectivity index (χ1) is 5.66. The zero-order chi connectivity index (χ0) is 9.14. The van der Waals surface area contributed by atoms with Gasteiger partial charge in [0.15, 0.2) is 0 Å². The van der Waals surface area contributed by atoms with Crippen LogP contribution < -0.4 is 0 Å². The Kier molecular flexibility index (Phi) is 3.53. The Morgan fingerprint density at radius 2 is 2.50 bits per heavy atom. The molecule has 70 valence electrons. The van der Waals surface area contributed by atoms with Gasteiger partial charge in [-0.3, -0.25) is 4.79 Å². The molecule has 2 unspecified atom stereocenters. The van der Waals surface area contributed by atoms with Crippen LogP contribution in [0, 0.1) is 0 Å². The summed E-state index contributed by atoms with van der Waals surface area (Å²) in [6.45, 7) is 2.69. The number of carbonyl (C=O) groups excluding carboxylic acids is 1. The third-order valence-electron chi connectivity index (χ3n) is 2.20. The molecule has 1 heterocycles. The van der Waals surface area contributed by atoms with Gasteiger partial charge in [-0.2, -0.15) is 0 Å². The van der Waals surface area contributed by atoms with Crippen molar-refractivity contribution in [3.63, 3.8) is 0 Å². The predicted molar refractivity (Wildman–Crippen MR) is 50.2 cm³/mol. The zero-order valence-corrected chi connectivity index (χ0v) is 8.75.